The highest BCUT2D eigenvalue weighted by molar-refractivity contribution is 6.27. The molecule has 1 aliphatic rings. The number of alkyl halides is 1. The minimum Gasteiger partial charge on any atom is -0.354 e. The number of carbonyl (C=O) groups excluding carboxylic acids is 2. The standard InChI is InChI=1S/C12H17ClN4O2/c1-14-12(19)10-4-6-17(15-10)9-3-2-5-16(8-9)11(18)7-13/h4,6,9H,2-3,5,7-8H2,1H3,(H,14,19). The predicted octanol–water partition coefficient (Wildman–Crippen LogP) is 0.645. The van der Waals surface area contributed by atoms with E-state index >= 15 is 0 Å². The van der Waals surface area contributed by atoms with Crippen molar-refractivity contribution in [3.8, 4) is 0 Å². The summed E-state index contributed by atoms with van der Waals surface area (Å²) in [6.07, 6.45) is 3.65. The Balaban J connectivity index is 2.07. The van der Waals surface area contributed by atoms with E-state index in [9.17, 15) is 9.59 Å². The third-order valence-corrected chi connectivity index (χ3v) is 3.53. The van der Waals surface area contributed by atoms with Crippen molar-refractivity contribution in [2.45, 2.75) is 18.9 Å². The van der Waals surface area contributed by atoms with E-state index in [4.69, 9.17) is 11.6 Å². The molecular weight excluding hydrogens is 268 g/mol. The third kappa shape index (κ3) is 3.07. The average Bonchev–Trinajstić information content (AvgIpc) is 2.95. The van der Waals surface area contributed by atoms with E-state index in [0.29, 0.717) is 12.2 Å². The first-order valence-electron chi connectivity index (χ1n) is 6.26. The molecule has 104 valence electrons. The van der Waals surface area contributed by atoms with Gasteiger partial charge in [-0.15, -0.1) is 11.6 Å². The molecule has 1 fully saturated rings. The Labute approximate surface area is 116 Å². The molecule has 0 aliphatic carbocycles. The van der Waals surface area contributed by atoms with Gasteiger partial charge in [-0.25, -0.2) is 0 Å². The van der Waals surface area contributed by atoms with Crippen LogP contribution in [-0.4, -0.2) is 52.5 Å². The minimum absolute atomic E-state index is 0.00924. The maximum absolute atomic E-state index is 11.6. The van der Waals surface area contributed by atoms with Crippen molar-refractivity contribution in [1.82, 2.24) is 20.0 Å². The highest BCUT2D eigenvalue weighted by Crippen LogP contribution is 2.21. The third-order valence-electron chi connectivity index (χ3n) is 3.31. The Morgan fingerprint density at radius 1 is 1.58 bits per heavy atom. The maximum Gasteiger partial charge on any atom is 0.271 e. The number of hydrogen-bond donors (Lipinski definition) is 1. The molecule has 0 radical (unpaired) electrons. The second-order valence-electron chi connectivity index (χ2n) is 4.53. The molecule has 1 atom stereocenters. The number of piperidine rings is 1. The van der Waals surface area contributed by atoms with Crippen LogP contribution in [0.2, 0.25) is 0 Å². The summed E-state index contributed by atoms with van der Waals surface area (Å²) in [5, 5.41) is 6.79. The maximum atomic E-state index is 11.6. The Morgan fingerprint density at radius 2 is 2.37 bits per heavy atom. The number of rotatable bonds is 3. The summed E-state index contributed by atoms with van der Waals surface area (Å²) >= 11 is 5.58. The molecule has 2 amide bonds. The van der Waals surface area contributed by atoms with Gasteiger partial charge in [0.25, 0.3) is 5.91 Å². The van der Waals surface area contributed by atoms with Crippen LogP contribution in [0.15, 0.2) is 12.3 Å². The molecule has 1 N–H and O–H groups in total. The molecule has 2 heterocycles. The summed E-state index contributed by atoms with van der Waals surface area (Å²) in [6.45, 7) is 1.34. The molecule has 7 heteroatoms. The predicted molar refractivity (Wildman–Crippen MR) is 71.2 cm³/mol. The lowest BCUT2D eigenvalue weighted by Gasteiger charge is -2.32. The fraction of sp³-hybridized carbons (Fsp3) is 0.583. The number of likely N-dealkylation sites (tertiary alicyclic amines) is 1. The lowest BCUT2D eigenvalue weighted by molar-refractivity contribution is -0.130. The van der Waals surface area contributed by atoms with Gasteiger partial charge in [0, 0.05) is 26.3 Å². The summed E-state index contributed by atoms with van der Waals surface area (Å²) in [5.74, 6) is -0.247. The molecule has 6 nitrogen and oxygen atoms in total. The molecule has 2 rings (SSSR count). The summed E-state index contributed by atoms with van der Waals surface area (Å²) in [5.41, 5.74) is 0.392. The molecule has 1 aromatic rings. The van der Waals surface area contributed by atoms with Crippen molar-refractivity contribution in [3.05, 3.63) is 18.0 Å². The lowest BCUT2D eigenvalue weighted by atomic mass is 10.1. The first-order chi connectivity index (χ1) is 9.15. The van der Waals surface area contributed by atoms with E-state index in [1.807, 2.05) is 0 Å². The summed E-state index contributed by atoms with van der Waals surface area (Å²) in [7, 11) is 1.57. The van der Waals surface area contributed by atoms with Gasteiger partial charge >= 0.3 is 0 Å². The van der Waals surface area contributed by atoms with Crippen LogP contribution in [0.1, 0.15) is 29.4 Å². The molecule has 0 aromatic carbocycles. The largest absolute Gasteiger partial charge is 0.354 e. The fourth-order valence-corrected chi connectivity index (χ4v) is 2.44. The highest BCUT2D eigenvalue weighted by atomic mass is 35.5. The van der Waals surface area contributed by atoms with Crippen LogP contribution in [0.4, 0.5) is 0 Å². The van der Waals surface area contributed by atoms with Crippen LogP contribution >= 0.6 is 11.6 Å². The van der Waals surface area contributed by atoms with Crippen molar-refractivity contribution in [3.63, 3.8) is 0 Å². The zero-order valence-corrected chi connectivity index (χ0v) is 11.6. The number of nitrogens with zero attached hydrogens (tertiary/aromatic N) is 3. The van der Waals surface area contributed by atoms with Crippen molar-refractivity contribution in [2.75, 3.05) is 26.0 Å². The van der Waals surface area contributed by atoms with E-state index in [-0.39, 0.29) is 23.7 Å². The van der Waals surface area contributed by atoms with Gasteiger partial charge in [0.1, 0.15) is 11.6 Å². The molecule has 19 heavy (non-hydrogen) atoms. The SMILES string of the molecule is CNC(=O)c1ccn(C2CCCN(C(=O)CCl)C2)n1. The van der Waals surface area contributed by atoms with Crippen LogP contribution in [0.3, 0.4) is 0 Å². The van der Waals surface area contributed by atoms with Gasteiger partial charge in [0.15, 0.2) is 0 Å². The van der Waals surface area contributed by atoms with E-state index in [2.05, 4.69) is 10.4 Å². The van der Waals surface area contributed by atoms with E-state index in [1.165, 1.54) is 0 Å². The molecule has 1 aromatic heterocycles. The van der Waals surface area contributed by atoms with Crippen LogP contribution < -0.4 is 5.32 Å². The first kappa shape index (κ1) is 13.9. The fourth-order valence-electron chi connectivity index (χ4n) is 2.27. The van der Waals surface area contributed by atoms with E-state index in [1.54, 1.807) is 28.9 Å². The Bertz CT molecular complexity index is 474. The number of carbonyl (C=O) groups is 2. The molecule has 0 saturated carbocycles. The highest BCUT2D eigenvalue weighted by Gasteiger charge is 2.25. The molecular formula is C12H17ClN4O2. The van der Waals surface area contributed by atoms with Crippen molar-refractivity contribution >= 4 is 23.4 Å². The Morgan fingerprint density at radius 3 is 3.05 bits per heavy atom. The number of aromatic nitrogens is 2. The van der Waals surface area contributed by atoms with E-state index in [0.717, 1.165) is 19.4 Å². The molecule has 1 saturated heterocycles. The summed E-state index contributed by atoms with van der Waals surface area (Å²) < 4.78 is 1.76. The van der Waals surface area contributed by atoms with Gasteiger partial charge in [-0.2, -0.15) is 5.10 Å². The van der Waals surface area contributed by atoms with Crippen molar-refractivity contribution in [1.29, 1.82) is 0 Å². The quantitative estimate of drug-likeness (QED) is 0.829. The summed E-state index contributed by atoms with van der Waals surface area (Å²) in [4.78, 5) is 24.8. The van der Waals surface area contributed by atoms with Crippen LogP contribution in [0.25, 0.3) is 0 Å². The van der Waals surface area contributed by atoms with Gasteiger partial charge in [0.05, 0.1) is 6.04 Å². The smallest absolute Gasteiger partial charge is 0.271 e. The molecule has 1 aliphatic heterocycles. The molecule has 1 unspecified atom stereocenters. The van der Waals surface area contributed by atoms with Crippen LogP contribution in [0.5, 0.6) is 0 Å². The summed E-state index contributed by atoms with van der Waals surface area (Å²) in [6, 6.07) is 1.79. The van der Waals surface area contributed by atoms with Gasteiger partial charge < -0.3 is 10.2 Å². The Kier molecular flexibility index (Phi) is 4.42. The number of amides is 2. The zero-order valence-electron chi connectivity index (χ0n) is 10.8. The van der Waals surface area contributed by atoms with Gasteiger partial charge in [-0.05, 0) is 18.9 Å². The normalized spacial score (nSPS) is 19.3. The molecule has 0 spiro atoms. The van der Waals surface area contributed by atoms with Crippen molar-refractivity contribution in [2.24, 2.45) is 0 Å². The first-order valence-corrected chi connectivity index (χ1v) is 6.80. The van der Waals surface area contributed by atoms with Crippen LogP contribution in [-0.2, 0) is 4.79 Å². The second-order valence-corrected chi connectivity index (χ2v) is 4.80. The van der Waals surface area contributed by atoms with Gasteiger partial charge in [-0.3, -0.25) is 14.3 Å². The second kappa shape index (κ2) is 6.06. The van der Waals surface area contributed by atoms with Gasteiger partial charge in [-0.1, -0.05) is 0 Å². The minimum atomic E-state index is -0.205. The van der Waals surface area contributed by atoms with Gasteiger partial charge in [0.2, 0.25) is 5.91 Å². The lowest BCUT2D eigenvalue weighted by Crippen LogP contribution is -2.41. The van der Waals surface area contributed by atoms with Crippen LogP contribution in [0, 0.1) is 0 Å². The number of nitrogens with one attached hydrogen (secondary N) is 1. The monoisotopic (exact) mass is 284 g/mol. The van der Waals surface area contributed by atoms with Crippen molar-refractivity contribution < 1.29 is 9.59 Å². The zero-order chi connectivity index (χ0) is 13.8. The number of halogens is 1. The molecule has 0 bridgehead atoms. The average molecular weight is 285 g/mol. The Hall–Kier alpha value is -1.56. The number of hydrogen-bond acceptors (Lipinski definition) is 3. The topological polar surface area (TPSA) is 67.2 Å². The van der Waals surface area contributed by atoms with E-state index < -0.39 is 0 Å².